The molecule has 1 aromatic heterocycles. The molecule has 0 N–H and O–H groups in total. The molecule has 0 fully saturated rings. The SMILES string of the molecule is Cc1nc(Cc2ccc(CN=[N+]=[N-])cc2)no1. The van der Waals surface area contributed by atoms with Gasteiger partial charge >= 0.3 is 0 Å². The topological polar surface area (TPSA) is 87.7 Å². The van der Waals surface area contributed by atoms with Crippen molar-refractivity contribution >= 4 is 0 Å². The molecule has 6 nitrogen and oxygen atoms in total. The van der Waals surface area contributed by atoms with E-state index in [1.807, 2.05) is 24.3 Å². The molecule has 0 aliphatic carbocycles. The zero-order valence-corrected chi connectivity index (χ0v) is 9.37. The molecular formula is C11H11N5O. The number of aryl methyl sites for hydroxylation is 1. The van der Waals surface area contributed by atoms with Gasteiger partial charge in [0.2, 0.25) is 5.89 Å². The summed E-state index contributed by atoms with van der Waals surface area (Å²) in [7, 11) is 0. The van der Waals surface area contributed by atoms with E-state index in [0.717, 1.165) is 11.1 Å². The van der Waals surface area contributed by atoms with Gasteiger partial charge in [-0.1, -0.05) is 34.5 Å². The minimum atomic E-state index is 0.373. The van der Waals surface area contributed by atoms with Crippen LogP contribution in [0.1, 0.15) is 22.8 Å². The van der Waals surface area contributed by atoms with E-state index in [2.05, 4.69) is 20.2 Å². The van der Waals surface area contributed by atoms with E-state index in [4.69, 9.17) is 10.1 Å². The van der Waals surface area contributed by atoms with Crippen molar-refractivity contribution in [3.63, 3.8) is 0 Å². The van der Waals surface area contributed by atoms with Crippen molar-refractivity contribution in [1.29, 1.82) is 0 Å². The largest absolute Gasteiger partial charge is 0.340 e. The molecule has 0 aliphatic rings. The highest BCUT2D eigenvalue weighted by Crippen LogP contribution is 2.09. The van der Waals surface area contributed by atoms with Crippen molar-refractivity contribution in [3.05, 3.63) is 57.6 Å². The highest BCUT2D eigenvalue weighted by Gasteiger charge is 2.03. The summed E-state index contributed by atoms with van der Waals surface area (Å²) in [5.74, 6) is 1.24. The van der Waals surface area contributed by atoms with Gasteiger partial charge in [-0.15, -0.1) is 0 Å². The molecule has 6 heteroatoms. The molecule has 2 aromatic rings. The Bertz CT molecular complexity index is 539. The number of hydrogen-bond donors (Lipinski definition) is 0. The van der Waals surface area contributed by atoms with Crippen LogP contribution in [0.2, 0.25) is 0 Å². The lowest BCUT2D eigenvalue weighted by Gasteiger charge is -1.99. The fourth-order valence-electron chi connectivity index (χ4n) is 1.47. The van der Waals surface area contributed by atoms with Gasteiger partial charge < -0.3 is 4.52 Å². The lowest BCUT2D eigenvalue weighted by atomic mass is 10.1. The molecule has 2 rings (SSSR count). The first-order valence-corrected chi connectivity index (χ1v) is 5.16. The summed E-state index contributed by atoms with van der Waals surface area (Å²) in [4.78, 5) is 6.85. The monoisotopic (exact) mass is 229 g/mol. The van der Waals surface area contributed by atoms with Gasteiger partial charge in [0.15, 0.2) is 5.82 Å². The van der Waals surface area contributed by atoms with Crippen LogP contribution in [0.15, 0.2) is 33.9 Å². The number of azide groups is 1. The zero-order chi connectivity index (χ0) is 12.1. The Labute approximate surface area is 97.9 Å². The van der Waals surface area contributed by atoms with Crippen molar-refractivity contribution in [2.45, 2.75) is 19.9 Å². The molecule has 86 valence electrons. The van der Waals surface area contributed by atoms with Crippen LogP contribution in [-0.4, -0.2) is 10.1 Å². The quantitative estimate of drug-likeness (QED) is 0.458. The first-order valence-electron chi connectivity index (χ1n) is 5.16. The molecule has 0 aliphatic heterocycles. The van der Waals surface area contributed by atoms with Crippen LogP contribution >= 0.6 is 0 Å². The molecule has 0 amide bonds. The fraction of sp³-hybridized carbons (Fsp3) is 0.273. The number of nitrogens with zero attached hydrogens (tertiary/aromatic N) is 5. The molecule has 1 heterocycles. The van der Waals surface area contributed by atoms with E-state index in [0.29, 0.717) is 24.7 Å². The molecule has 0 unspecified atom stereocenters. The summed E-state index contributed by atoms with van der Waals surface area (Å²) in [6.45, 7) is 2.14. The van der Waals surface area contributed by atoms with Crippen molar-refractivity contribution in [2.24, 2.45) is 5.11 Å². The third kappa shape index (κ3) is 3.06. The average Bonchev–Trinajstić information content (AvgIpc) is 2.74. The predicted octanol–water partition coefficient (Wildman–Crippen LogP) is 2.78. The van der Waals surface area contributed by atoms with Crippen molar-refractivity contribution < 1.29 is 4.52 Å². The first kappa shape index (κ1) is 11.2. The average molecular weight is 229 g/mol. The third-order valence-electron chi connectivity index (χ3n) is 2.27. The summed E-state index contributed by atoms with van der Waals surface area (Å²) in [6.07, 6.45) is 0.638. The zero-order valence-electron chi connectivity index (χ0n) is 9.37. The Balaban J connectivity index is 2.05. The molecule has 0 radical (unpaired) electrons. The van der Waals surface area contributed by atoms with Gasteiger partial charge in [0.25, 0.3) is 0 Å². The first-order chi connectivity index (χ1) is 8.28. The van der Waals surface area contributed by atoms with E-state index in [1.165, 1.54) is 0 Å². The van der Waals surface area contributed by atoms with Crippen LogP contribution < -0.4 is 0 Å². The molecule has 0 bridgehead atoms. The predicted molar refractivity (Wildman–Crippen MR) is 61.1 cm³/mol. The molecule has 0 atom stereocenters. The van der Waals surface area contributed by atoms with Gasteiger partial charge in [-0.05, 0) is 16.7 Å². The van der Waals surface area contributed by atoms with Crippen molar-refractivity contribution in [2.75, 3.05) is 0 Å². The molecule has 0 saturated carbocycles. The van der Waals surface area contributed by atoms with E-state index >= 15 is 0 Å². The van der Waals surface area contributed by atoms with Gasteiger partial charge in [0.05, 0.1) is 6.54 Å². The number of rotatable bonds is 4. The second-order valence-corrected chi connectivity index (χ2v) is 3.61. The lowest BCUT2D eigenvalue weighted by molar-refractivity contribution is 0.388. The second-order valence-electron chi connectivity index (χ2n) is 3.61. The second kappa shape index (κ2) is 5.14. The summed E-state index contributed by atoms with van der Waals surface area (Å²) < 4.78 is 4.90. The van der Waals surface area contributed by atoms with E-state index in [-0.39, 0.29) is 0 Å². The summed E-state index contributed by atoms with van der Waals surface area (Å²) in [5.41, 5.74) is 10.3. The van der Waals surface area contributed by atoms with Gasteiger partial charge in [-0.25, -0.2) is 0 Å². The number of hydrogen-bond acceptors (Lipinski definition) is 4. The maximum absolute atomic E-state index is 8.21. The highest BCUT2D eigenvalue weighted by atomic mass is 16.5. The Morgan fingerprint density at radius 1 is 1.29 bits per heavy atom. The molecule has 0 spiro atoms. The maximum atomic E-state index is 8.21. The van der Waals surface area contributed by atoms with Crippen LogP contribution in [-0.2, 0) is 13.0 Å². The van der Waals surface area contributed by atoms with Crippen LogP contribution in [0.3, 0.4) is 0 Å². The van der Waals surface area contributed by atoms with Crippen LogP contribution in [0, 0.1) is 6.92 Å². The molecular weight excluding hydrogens is 218 g/mol. The van der Waals surface area contributed by atoms with Crippen molar-refractivity contribution in [1.82, 2.24) is 10.1 Å². The van der Waals surface area contributed by atoms with Gasteiger partial charge in [0, 0.05) is 18.3 Å². The Morgan fingerprint density at radius 3 is 2.59 bits per heavy atom. The Kier molecular flexibility index (Phi) is 3.37. The summed E-state index contributed by atoms with van der Waals surface area (Å²) in [6, 6.07) is 7.79. The Hall–Kier alpha value is -2.33. The minimum absolute atomic E-state index is 0.373. The van der Waals surface area contributed by atoms with E-state index < -0.39 is 0 Å². The standard InChI is InChI=1S/C11H11N5O/c1-8-14-11(15-17-8)6-9-2-4-10(5-3-9)7-13-16-12/h2-5H,6-7H2,1H3. The fourth-order valence-corrected chi connectivity index (χ4v) is 1.47. The lowest BCUT2D eigenvalue weighted by Crippen LogP contribution is -1.91. The van der Waals surface area contributed by atoms with Crippen LogP contribution in [0.5, 0.6) is 0 Å². The van der Waals surface area contributed by atoms with Gasteiger partial charge in [0.1, 0.15) is 0 Å². The summed E-state index contributed by atoms with van der Waals surface area (Å²) in [5, 5.41) is 7.33. The van der Waals surface area contributed by atoms with E-state index in [1.54, 1.807) is 6.92 Å². The number of aromatic nitrogens is 2. The van der Waals surface area contributed by atoms with E-state index in [9.17, 15) is 0 Å². The minimum Gasteiger partial charge on any atom is -0.340 e. The van der Waals surface area contributed by atoms with Gasteiger partial charge in [-0.3, -0.25) is 0 Å². The Morgan fingerprint density at radius 2 is 2.00 bits per heavy atom. The molecule has 17 heavy (non-hydrogen) atoms. The maximum Gasteiger partial charge on any atom is 0.223 e. The highest BCUT2D eigenvalue weighted by molar-refractivity contribution is 5.24. The molecule has 1 aromatic carbocycles. The van der Waals surface area contributed by atoms with Crippen molar-refractivity contribution in [3.8, 4) is 0 Å². The van der Waals surface area contributed by atoms with Gasteiger partial charge in [-0.2, -0.15) is 4.98 Å². The summed E-state index contributed by atoms with van der Waals surface area (Å²) >= 11 is 0. The smallest absolute Gasteiger partial charge is 0.223 e. The van der Waals surface area contributed by atoms with Crippen LogP contribution in [0.25, 0.3) is 10.4 Å². The third-order valence-corrected chi connectivity index (χ3v) is 2.27. The number of benzene rings is 1. The normalized spacial score (nSPS) is 9.94. The van der Waals surface area contributed by atoms with Crippen LogP contribution in [0.4, 0.5) is 0 Å². The molecule has 0 saturated heterocycles.